The highest BCUT2D eigenvalue weighted by Gasteiger charge is 2.30. The quantitative estimate of drug-likeness (QED) is 0.445. The van der Waals surface area contributed by atoms with Crippen molar-refractivity contribution in [2.24, 2.45) is 0 Å². The van der Waals surface area contributed by atoms with Crippen LogP contribution in [0.2, 0.25) is 0 Å². The molecule has 9 heteroatoms. The Labute approximate surface area is 177 Å². The molecular formula is C21H19N5O3S. The molecule has 0 N–H and O–H groups in total. The van der Waals surface area contributed by atoms with Crippen LogP contribution in [-0.2, 0) is 0 Å². The molecule has 0 atom stereocenters. The zero-order valence-corrected chi connectivity index (χ0v) is 17.1. The maximum absolute atomic E-state index is 11.5. The number of anilines is 1. The largest absolute Gasteiger partial charge is 0.496 e. The van der Waals surface area contributed by atoms with Gasteiger partial charge in [-0.05, 0) is 31.0 Å². The van der Waals surface area contributed by atoms with Crippen LogP contribution in [0, 0.1) is 21.4 Å². The Kier molecular flexibility index (Phi) is 5.59. The third-order valence-corrected chi connectivity index (χ3v) is 6.26. The first kappa shape index (κ1) is 19.8. The van der Waals surface area contributed by atoms with Gasteiger partial charge in [-0.25, -0.2) is 9.97 Å². The molecule has 1 fully saturated rings. The van der Waals surface area contributed by atoms with Crippen LogP contribution >= 0.6 is 11.3 Å². The van der Waals surface area contributed by atoms with Crippen molar-refractivity contribution in [2.45, 2.75) is 18.8 Å². The van der Waals surface area contributed by atoms with E-state index in [4.69, 9.17) is 9.72 Å². The van der Waals surface area contributed by atoms with Crippen LogP contribution in [0.3, 0.4) is 0 Å². The number of rotatable bonds is 5. The van der Waals surface area contributed by atoms with E-state index < -0.39 is 4.92 Å². The third-order valence-electron chi connectivity index (χ3n) is 5.26. The fourth-order valence-electron chi connectivity index (χ4n) is 3.74. The van der Waals surface area contributed by atoms with E-state index in [1.54, 1.807) is 18.4 Å². The summed E-state index contributed by atoms with van der Waals surface area (Å²) in [7, 11) is 1.65. The topological polar surface area (TPSA) is 105 Å². The van der Waals surface area contributed by atoms with Crippen molar-refractivity contribution in [1.29, 1.82) is 5.26 Å². The van der Waals surface area contributed by atoms with Gasteiger partial charge in [0.2, 0.25) is 5.82 Å². The van der Waals surface area contributed by atoms with Gasteiger partial charge in [0.15, 0.2) is 0 Å². The predicted molar refractivity (Wildman–Crippen MR) is 114 cm³/mol. The van der Waals surface area contributed by atoms with E-state index in [2.05, 4.69) is 4.98 Å². The highest BCUT2D eigenvalue weighted by atomic mass is 32.1. The van der Waals surface area contributed by atoms with E-state index in [0.717, 1.165) is 34.9 Å². The molecule has 1 aliphatic heterocycles. The number of benzene rings is 1. The number of ether oxygens (including phenoxy) is 1. The first-order chi connectivity index (χ1) is 14.6. The molecule has 0 aliphatic carbocycles. The van der Waals surface area contributed by atoms with Crippen molar-refractivity contribution in [1.82, 2.24) is 9.97 Å². The normalized spacial score (nSPS) is 14.3. The van der Waals surface area contributed by atoms with E-state index >= 15 is 0 Å². The van der Waals surface area contributed by atoms with E-state index in [9.17, 15) is 15.4 Å². The van der Waals surface area contributed by atoms with Crippen LogP contribution in [0.15, 0.2) is 41.9 Å². The van der Waals surface area contributed by atoms with E-state index in [-0.39, 0.29) is 23.0 Å². The summed E-state index contributed by atoms with van der Waals surface area (Å²) in [6.45, 7) is 1.24. The maximum atomic E-state index is 11.5. The van der Waals surface area contributed by atoms with E-state index in [1.807, 2.05) is 40.6 Å². The maximum Gasteiger partial charge on any atom is 0.329 e. The number of hydrogen-bond donors (Lipinski definition) is 0. The van der Waals surface area contributed by atoms with Crippen molar-refractivity contribution in [2.75, 3.05) is 25.1 Å². The lowest BCUT2D eigenvalue weighted by Crippen LogP contribution is -2.34. The number of nitriles is 1. The molecule has 0 spiro atoms. The molecule has 3 aromatic rings. The molecule has 0 unspecified atom stereocenters. The van der Waals surface area contributed by atoms with Gasteiger partial charge in [0.05, 0.1) is 22.7 Å². The minimum absolute atomic E-state index is 0.0356. The molecule has 8 nitrogen and oxygen atoms in total. The Morgan fingerprint density at radius 2 is 2.07 bits per heavy atom. The lowest BCUT2D eigenvalue weighted by Gasteiger charge is -2.31. The Morgan fingerprint density at radius 1 is 1.30 bits per heavy atom. The summed E-state index contributed by atoms with van der Waals surface area (Å²) in [6, 6.07) is 11.1. The van der Waals surface area contributed by atoms with Gasteiger partial charge in [-0.3, -0.25) is 10.1 Å². The summed E-state index contributed by atoms with van der Waals surface area (Å²) in [4.78, 5) is 21.9. The fraction of sp³-hybridized carbons (Fsp3) is 0.286. The molecule has 152 valence electrons. The number of aromatic nitrogens is 2. The highest BCUT2D eigenvalue weighted by Crippen LogP contribution is 2.38. The summed E-state index contributed by atoms with van der Waals surface area (Å²) >= 11 is 1.63. The standard InChI is InChI=1S/C21H19N5O3S/c1-29-18-5-3-2-4-16(18)17-13-30-21(24-17)14-7-10-25(11-8-14)20-19(26(27)28)15(12-22)6-9-23-20/h2-6,9,13-14H,7-8,10-11H2,1H3. The fourth-order valence-corrected chi connectivity index (χ4v) is 4.73. The van der Waals surface area contributed by atoms with Crippen LogP contribution in [0.5, 0.6) is 5.75 Å². The highest BCUT2D eigenvalue weighted by molar-refractivity contribution is 7.10. The molecule has 0 bridgehead atoms. The lowest BCUT2D eigenvalue weighted by atomic mass is 9.97. The molecule has 4 rings (SSSR count). The van der Waals surface area contributed by atoms with Gasteiger partial charge in [0.1, 0.15) is 17.4 Å². The van der Waals surface area contributed by atoms with Gasteiger partial charge in [-0.2, -0.15) is 5.26 Å². The van der Waals surface area contributed by atoms with Gasteiger partial charge >= 0.3 is 5.69 Å². The third kappa shape index (κ3) is 3.69. The number of nitrogens with zero attached hydrogens (tertiary/aromatic N) is 5. The molecule has 30 heavy (non-hydrogen) atoms. The summed E-state index contributed by atoms with van der Waals surface area (Å²) in [6.07, 6.45) is 3.08. The van der Waals surface area contributed by atoms with Crippen molar-refractivity contribution in [3.05, 3.63) is 62.6 Å². The minimum Gasteiger partial charge on any atom is -0.496 e. The Morgan fingerprint density at radius 3 is 2.77 bits per heavy atom. The van der Waals surface area contributed by atoms with Crippen LogP contribution in [0.25, 0.3) is 11.3 Å². The minimum atomic E-state index is -0.521. The molecule has 3 heterocycles. The number of nitro groups is 1. The molecule has 2 aromatic heterocycles. The Hall–Kier alpha value is -3.51. The molecule has 1 aliphatic rings. The van der Waals surface area contributed by atoms with Crippen LogP contribution in [0.1, 0.15) is 29.3 Å². The van der Waals surface area contributed by atoms with Gasteiger partial charge in [-0.15, -0.1) is 11.3 Å². The van der Waals surface area contributed by atoms with Gasteiger partial charge in [0.25, 0.3) is 0 Å². The first-order valence-electron chi connectivity index (χ1n) is 9.49. The smallest absolute Gasteiger partial charge is 0.329 e. The summed E-state index contributed by atoms with van der Waals surface area (Å²) in [5.74, 6) is 1.35. The number of piperidine rings is 1. The zero-order chi connectivity index (χ0) is 21.1. The molecule has 0 radical (unpaired) electrons. The molecule has 1 aromatic carbocycles. The monoisotopic (exact) mass is 421 g/mol. The van der Waals surface area contributed by atoms with Crippen LogP contribution < -0.4 is 9.64 Å². The number of pyridine rings is 1. The Bertz CT molecular complexity index is 1120. The molecular weight excluding hydrogens is 402 g/mol. The van der Waals surface area contributed by atoms with Crippen molar-refractivity contribution < 1.29 is 9.66 Å². The molecule has 0 amide bonds. The molecule has 1 saturated heterocycles. The number of thiazole rings is 1. The average molecular weight is 421 g/mol. The van der Waals surface area contributed by atoms with Crippen LogP contribution in [-0.4, -0.2) is 35.1 Å². The van der Waals surface area contributed by atoms with E-state index in [1.165, 1.54) is 12.3 Å². The Balaban J connectivity index is 1.51. The second-order valence-corrected chi connectivity index (χ2v) is 7.82. The predicted octanol–water partition coefficient (Wildman–Crippen LogP) is 4.38. The average Bonchev–Trinajstić information content (AvgIpc) is 3.28. The zero-order valence-electron chi connectivity index (χ0n) is 16.3. The second kappa shape index (κ2) is 8.47. The van der Waals surface area contributed by atoms with Crippen molar-refractivity contribution in [3.63, 3.8) is 0 Å². The number of hydrogen-bond acceptors (Lipinski definition) is 8. The summed E-state index contributed by atoms with van der Waals surface area (Å²) < 4.78 is 5.44. The number of para-hydroxylation sites is 1. The van der Waals surface area contributed by atoms with Crippen LogP contribution in [0.4, 0.5) is 11.5 Å². The van der Waals surface area contributed by atoms with Crippen molar-refractivity contribution >= 4 is 22.8 Å². The summed E-state index contributed by atoms with van der Waals surface area (Å²) in [5.41, 5.74) is 1.68. The lowest BCUT2D eigenvalue weighted by molar-refractivity contribution is -0.384. The second-order valence-electron chi connectivity index (χ2n) is 6.93. The molecule has 0 saturated carbocycles. The van der Waals surface area contributed by atoms with E-state index in [0.29, 0.717) is 13.1 Å². The van der Waals surface area contributed by atoms with Gasteiger partial charge < -0.3 is 9.64 Å². The first-order valence-corrected chi connectivity index (χ1v) is 10.4. The van der Waals surface area contributed by atoms with Gasteiger partial charge in [0, 0.05) is 36.1 Å². The van der Waals surface area contributed by atoms with Crippen molar-refractivity contribution in [3.8, 4) is 23.1 Å². The van der Waals surface area contributed by atoms with Gasteiger partial charge in [-0.1, -0.05) is 12.1 Å². The SMILES string of the molecule is COc1ccccc1-c1csc(C2CCN(c3nccc(C#N)c3[N+](=O)[O-])CC2)n1. The summed E-state index contributed by atoms with van der Waals surface area (Å²) in [5, 5.41) is 23.8. The number of methoxy groups -OCH3 is 1.